The predicted octanol–water partition coefficient (Wildman–Crippen LogP) is 2.17. The third-order valence-corrected chi connectivity index (χ3v) is 4.86. The molecule has 0 amide bonds. The first-order valence-corrected chi connectivity index (χ1v) is 7.87. The van der Waals surface area contributed by atoms with Crippen molar-refractivity contribution in [1.29, 1.82) is 0 Å². The van der Waals surface area contributed by atoms with E-state index in [0.717, 1.165) is 6.42 Å². The molecule has 0 bridgehead atoms. The van der Waals surface area contributed by atoms with Gasteiger partial charge in [-0.25, -0.2) is 0 Å². The molecule has 0 spiro atoms. The molecule has 2 atom stereocenters. The van der Waals surface area contributed by atoms with Crippen LogP contribution in [-0.2, 0) is 6.42 Å². The maximum atomic E-state index is 3.52. The summed E-state index contributed by atoms with van der Waals surface area (Å²) in [5, 5.41) is 3.52. The summed E-state index contributed by atoms with van der Waals surface area (Å²) < 4.78 is 0. The van der Waals surface area contributed by atoms with Gasteiger partial charge in [-0.3, -0.25) is 0 Å². The van der Waals surface area contributed by atoms with Crippen molar-refractivity contribution in [3.05, 3.63) is 35.4 Å². The molecule has 1 aliphatic heterocycles. The Balaban J connectivity index is 2.04. The molecule has 0 radical (unpaired) electrons. The van der Waals surface area contributed by atoms with E-state index < -0.39 is 0 Å². The van der Waals surface area contributed by atoms with Crippen LogP contribution in [0.5, 0.6) is 0 Å². The number of thioether (sulfide) groups is 1. The second-order valence-electron chi connectivity index (χ2n) is 5.21. The summed E-state index contributed by atoms with van der Waals surface area (Å²) in [6, 6.07) is 10.1. The summed E-state index contributed by atoms with van der Waals surface area (Å²) in [5.41, 5.74) is 2.80. The molecule has 1 heterocycles. The molecule has 1 aliphatic rings. The zero-order valence-corrected chi connectivity index (χ0v) is 12.5. The molecule has 0 aliphatic carbocycles. The number of nitrogens with zero attached hydrogens (tertiary/aromatic N) is 1. The molecule has 2 rings (SSSR count). The lowest BCUT2D eigenvalue weighted by molar-refractivity contribution is 0.219. The number of rotatable bonds is 4. The van der Waals surface area contributed by atoms with Gasteiger partial charge in [-0.05, 0) is 33.0 Å². The molecule has 0 saturated carbocycles. The SMILES string of the molecule is CNC(Cc1cccc(C)c1)C1CSCCN1C. The predicted molar refractivity (Wildman–Crippen MR) is 81.5 cm³/mol. The van der Waals surface area contributed by atoms with Crippen LogP contribution in [0.3, 0.4) is 0 Å². The van der Waals surface area contributed by atoms with Gasteiger partial charge in [-0.1, -0.05) is 29.8 Å². The van der Waals surface area contributed by atoms with Crippen LogP contribution in [0.25, 0.3) is 0 Å². The van der Waals surface area contributed by atoms with Crippen LogP contribution >= 0.6 is 11.8 Å². The summed E-state index contributed by atoms with van der Waals surface area (Å²) in [4.78, 5) is 2.51. The van der Waals surface area contributed by atoms with Crippen LogP contribution in [0, 0.1) is 6.92 Å². The average Bonchev–Trinajstić information content (AvgIpc) is 2.37. The molecule has 3 heteroatoms. The Kier molecular flexibility index (Phi) is 5.10. The van der Waals surface area contributed by atoms with Gasteiger partial charge in [-0.15, -0.1) is 0 Å². The third kappa shape index (κ3) is 3.50. The van der Waals surface area contributed by atoms with Crippen molar-refractivity contribution in [1.82, 2.24) is 10.2 Å². The second-order valence-corrected chi connectivity index (χ2v) is 6.36. The van der Waals surface area contributed by atoms with Gasteiger partial charge in [0.2, 0.25) is 0 Å². The summed E-state index contributed by atoms with van der Waals surface area (Å²) in [6.07, 6.45) is 1.12. The first-order valence-electron chi connectivity index (χ1n) is 6.71. The maximum absolute atomic E-state index is 3.52. The molecule has 100 valence electrons. The molecule has 1 aromatic carbocycles. The summed E-state index contributed by atoms with van der Waals surface area (Å²) in [7, 11) is 4.35. The van der Waals surface area contributed by atoms with E-state index in [1.165, 1.54) is 29.2 Å². The number of hydrogen-bond acceptors (Lipinski definition) is 3. The van der Waals surface area contributed by atoms with Gasteiger partial charge in [0.15, 0.2) is 0 Å². The minimum absolute atomic E-state index is 0.546. The van der Waals surface area contributed by atoms with Gasteiger partial charge in [0, 0.05) is 30.1 Å². The molecular formula is C15H24N2S. The van der Waals surface area contributed by atoms with Gasteiger partial charge < -0.3 is 10.2 Å². The normalized spacial score (nSPS) is 22.9. The van der Waals surface area contributed by atoms with Crippen LogP contribution in [0.15, 0.2) is 24.3 Å². The molecule has 1 saturated heterocycles. The van der Waals surface area contributed by atoms with Crippen molar-refractivity contribution in [2.75, 3.05) is 32.1 Å². The summed E-state index contributed by atoms with van der Waals surface area (Å²) in [6.45, 7) is 3.38. The number of hydrogen-bond donors (Lipinski definition) is 1. The average molecular weight is 264 g/mol. The zero-order valence-electron chi connectivity index (χ0n) is 11.6. The maximum Gasteiger partial charge on any atom is 0.0340 e. The van der Waals surface area contributed by atoms with Gasteiger partial charge in [-0.2, -0.15) is 11.8 Å². The van der Waals surface area contributed by atoms with Crippen molar-refractivity contribution < 1.29 is 0 Å². The Bertz CT molecular complexity index is 381. The van der Waals surface area contributed by atoms with Crippen LogP contribution in [-0.4, -0.2) is 49.1 Å². The van der Waals surface area contributed by atoms with E-state index in [0.29, 0.717) is 12.1 Å². The zero-order chi connectivity index (χ0) is 13.0. The highest BCUT2D eigenvalue weighted by atomic mass is 32.2. The smallest absolute Gasteiger partial charge is 0.0340 e. The Hall–Kier alpha value is -0.510. The lowest BCUT2D eigenvalue weighted by Crippen LogP contribution is -2.52. The van der Waals surface area contributed by atoms with Crippen LogP contribution in [0.1, 0.15) is 11.1 Å². The standard InChI is InChI=1S/C15H24N2S/c1-12-5-4-6-13(9-12)10-14(16-2)15-11-18-8-7-17(15)3/h4-6,9,14-16H,7-8,10-11H2,1-3H3. The molecule has 1 aromatic rings. The largest absolute Gasteiger partial charge is 0.315 e. The molecule has 18 heavy (non-hydrogen) atoms. The Morgan fingerprint density at radius 3 is 3.00 bits per heavy atom. The van der Waals surface area contributed by atoms with E-state index in [1.54, 1.807) is 0 Å². The molecule has 2 unspecified atom stereocenters. The fraction of sp³-hybridized carbons (Fsp3) is 0.600. The Morgan fingerprint density at radius 1 is 1.50 bits per heavy atom. The minimum atomic E-state index is 0.546. The van der Waals surface area contributed by atoms with Crippen molar-refractivity contribution >= 4 is 11.8 Å². The fourth-order valence-corrected chi connectivity index (χ4v) is 3.96. The van der Waals surface area contributed by atoms with E-state index >= 15 is 0 Å². The van der Waals surface area contributed by atoms with Crippen molar-refractivity contribution in [2.45, 2.75) is 25.4 Å². The molecular weight excluding hydrogens is 240 g/mol. The topological polar surface area (TPSA) is 15.3 Å². The van der Waals surface area contributed by atoms with Crippen molar-refractivity contribution in [2.24, 2.45) is 0 Å². The van der Waals surface area contributed by atoms with Gasteiger partial charge in [0.05, 0.1) is 0 Å². The summed E-state index contributed by atoms with van der Waals surface area (Å²) >= 11 is 2.08. The van der Waals surface area contributed by atoms with Crippen molar-refractivity contribution in [3.8, 4) is 0 Å². The van der Waals surface area contributed by atoms with E-state index in [1.807, 2.05) is 0 Å². The van der Waals surface area contributed by atoms with Gasteiger partial charge >= 0.3 is 0 Å². The van der Waals surface area contributed by atoms with Crippen LogP contribution < -0.4 is 5.32 Å². The highest BCUT2D eigenvalue weighted by Gasteiger charge is 2.26. The van der Waals surface area contributed by atoms with Gasteiger partial charge in [0.25, 0.3) is 0 Å². The number of aryl methyl sites for hydroxylation is 1. The Labute approximate surface area is 115 Å². The number of likely N-dealkylation sites (N-methyl/N-ethyl adjacent to an activating group) is 2. The van der Waals surface area contributed by atoms with Crippen LogP contribution in [0.2, 0.25) is 0 Å². The lowest BCUT2D eigenvalue weighted by atomic mass is 9.98. The highest BCUT2D eigenvalue weighted by molar-refractivity contribution is 7.99. The number of benzene rings is 1. The third-order valence-electron chi connectivity index (χ3n) is 3.82. The molecule has 1 fully saturated rings. The quantitative estimate of drug-likeness (QED) is 0.897. The van der Waals surface area contributed by atoms with E-state index in [9.17, 15) is 0 Å². The fourth-order valence-electron chi connectivity index (χ4n) is 2.65. The van der Waals surface area contributed by atoms with Gasteiger partial charge in [0.1, 0.15) is 0 Å². The van der Waals surface area contributed by atoms with E-state index in [2.05, 4.69) is 67.3 Å². The molecule has 0 aromatic heterocycles. The monoisotopic (exact) mass is 264 g/mol. The number of nitrogens with one attached hydrogen (secondary N) is 1. The van der Waals surface area contributed by atoms with Crippen molar-refractivity contribution in [3.63, 3.8) is 0 Å². The first-order chi connectivity index (χ1) is 8.70. The first kappa shape index (κ1) is 13.9. The minimum Gasteiger partial charge on any atom is -0.315 e. The van der Waals surface area contributed by atoms with Crippen LogP contribution in [0.4, 0.5) is 0 Å². The highest BCUT2D eigenvalue weighted by Crippen LogP contribution is 2.19. The molecule has 2 nitrogen and oxygen atoms in total. The lowest BCUT2D eigenvalue weighted by Gasteiger charge is -2.37. The molecule has 1 N–H and O–H groups in total. The summed E-state index contributed by atoms with van der Waals surface area (Å²) in [5.74, 6) is 2.52. The second kappa shape index (κ2) is 6.60. The van der Waals surface area contributed by atoms with E-state index in [4.69, 9.17) is 0 Å². The Morgan fingerprint density at radius 2 is 2.33 bits per heavy atom. The van der Waals surface area contributed by atoms with E-state index in [-0.39, 0.29) is 0 Å².